The normalized spacial score (nSPS) is 17.1. The van der Waals surface area contributed by atoms with Crippen LogP contribution in [-0.2, 0) is 17.6 Å². The monoisotopic (exact) mass is 382 g/mol. The van der Waals surface area contributed by atoms with Crippen LogP contribution >= 0.6 is 11.3 Å². The smallest absolute Gasteiger partial charge is 0.412 e. The molecule has 2 aliphatic rings. The van der Waals surface area contributed by atoms with Crippen LogP contribution in [0, 0.1) is 0 Å². The molecule has 0 atom stereocenters. The average Bonchev–Trinajstić information content (AvgIpc) is 2.98. The maximum absolute atomic E-state index is 11.9. The fraction of sp³-hybridized carbons (Fsp3) is 0.409. The van der Waals surface area contributed by atoms with Gasteiger partial charge in [-0.25, -0.2) is 4.79 Å². The van der Waals surface area contributed by atoms with Crippen molar-refractivity contribution < 1.29 is 9.53 Å². The molecule has 0 bridgehead atoms. The molecule has 1 aliphatic heterocycles. The van der Waals surface area contributed by atoms with Crippen LogP contribution in [0.3, 0.4) is 0 Å². The zero-order valence-corrected chi connectivity index (χ0v) is 16.8. The molecule has 27 heavy (non-hydrogen) atoms. The Morgan fingerprint density at radius 2 is 1.93 bits per heavy atom. The van der Waals surface area contributed by atoms with E-state index < -0.39 is 0 Å². The van der Waals surface area contributed by atoms with Crippen LogP contribution in [0.25, 0.3) is 5.57 Å². The minimum Gasteiger partial charge on any atom is -0.450 e. The second-order valence-electron chi connectivity index (χ2n) is 7.23. The summed E-state index contributed by atoms with van der Waals surface area (Å²) in [6, 6.07) is 11.0. The molecule has 1 fully saturated rings. The fourth-order valence-corrected chi connectivity index (χ4v) is 5.10. The van der Waals surface area contributed by atoms with Crippen molar-refractivity contribution in [2.24, 2.45) is 0 Å². The summed E-state index contributed by atoms with van der Waals surface area (Å²) < 4.78 is 5.05. The first kappa shape index (κ1) is 18.3. The van der Waals surface area contributed by atoms with Gasteiger partial charge in [-0.15, -0.1) is 11.3 Å². The molecule has 0 radical (unpaired) electrons. The molecule has 2 aromatic rings. The fourth-order valence-electron chi connectivity index (χ4n) is 4.05. The lowest BCUT2D eigenvalue weighted by molar-refractivity contribution is 0.168. The molecule has 2 heterocycles. The van der Waals surface area contributed by atoms with Crippen molar-refractivity contribution in [3.8, 4) is 0 Å². The van der Waals surface area contributed by atoms with E-state index in [1.54, 1.807) is 16.9 Å². The first-order valence-electron chi connectivity index (χ1n) is 9.71. The number of benzene rings is 1. The number of carbonyl (C=O) groups is 1. The highest BCUT2D eigenvalue weighted by atomic mass is 32.1. The third kappa shape index (κ3) is 3.80. The number of fused-ring (bicyclic) bond motifs is 2. The highest BCUT2D eigenvalue weighted by molar-refractivity contribution is 7.16. The first-order chi connectivity index (χ1) is 13.2. The van der Waals surface area contributed by atoms with E-state index in [9.17, 15) is 4.79 Å². The Kier molecular flexibility index (Phi) is 5.32. The lowest BCUT2D eigenvalue weighted by Gasteiger charge is -2.27. The van der Waals surface area contributed by atoms with Crippen LogP contribution in [0.4, 0.5) is 9.80 Å². The molecule has 1 aromatic carbocycles. The number of anilines is 1. The van der Waals surface area contributed by atoms with Gasteiger partial charge in [-0.05, 0) is 68.0 Å². The summed E-state index contributed by atoms with van der Waals surface area (Å²) in [4.78, 5) is 15.6. The van der Waals surface area contributed by atoms with E-state index in [-0.39, 0.29) is 6.09 Å². The summed E-state index contributed by atoms with van der Waals surface area (Å²) in [7, 11) is 2.19. The Morgan fingerprint density at radius 3 is 2.70 bits per heavy atom. The number of rotatable bonds is 2. The number of piperidine rings is 1. The lowest BCUT2D eigenvalue weighted by Crippen LogP contribution is -2.27. The standard InChI is InChI=1S/C22H26N2O2S/c1-3-26-22(25)23-20-14-18-19(27-20)9-8-15-6-4-5-7-17(15)21(18)16-10-12-24(2)13-11-16/h4-7,14H,3,8-13H2,1-2H3,(H,23,25). The molecule has 0 saturated carbocycles. The Hall–Kier alpha value is -2.11. The number of hydrogen-bond donors (Lipinski definition) is 1. The number of aryl methyl sites for hydroxylation is 2. The third-order valence-corrected chi connectivity index (χ3v) is 6.54. The van der Waals surface area contributed by atoms with Crippen LogP contribution < -0.4 is 5.32 Å². The summed E-state index contributed by atoms with van der Waals surface area (Å²) in [5, 5.41) is 3.78. The van der Waals surface area contributed by atoms with Crippen molar-refractivity contribution in [2.75, 3.05) is 32.1 Å². The summed E-state index contributed by atoms with van der Waals surface area (Å²) in [5.41, 5.74) is 7.05. The van der Waals surface area contributed by atoms with Crippen LogP contribution in [0.15, 0.2) is 35.9 Å². The largest absolute Gasteiger partial charge is 0.450 e. The molecule has 1 N–H and O–H groups in total. The summed E-state index contributed by atoms with van der Waals surface area (Å²) >= 11 is 1.69. The van der Waals surface area contributed by atoms with E-state index in [1.165, 1.54) is 27.1 Å². The topological polar surface area (TPSA) is 41.6 Å². The zero-order chi connectivity index (χ0) is 18.8. The molecule has 1 saturated heterocycles. The summed E-state index contributed by atoms with van der Waals surface area (Å²) in [5.74, 6) is 0. The van der Waals surface area contributed by atoms with Gasteiger partial charge in [0.25, 0.3) is 0 Å². The Labute approximate surface area is 164 Å². The number of amides is 1. The van der Waals surface area contributed by atoms with Crippen LogP contribution in [0.5, 0.6) is 0 Å². The highest BCUT2D eigenvalue weighted by Gasteiger charge is 2.25. The van der Waals surface area contributed by atoms with Gasteiger partial charge in [0, 0.05) is 18.0 Å². The molecule has 4 rings (SSSR count). The van der Waals surface area contributed by atoms with Gasteiger partial charge in [-0.3, -0.25) is 5.32 Å². The van der Waals surface area contributed by atoms with Crippen molar-refractivity contribution in [1.82, 2.24) is 4.90 Å². The van der Waals surface area contributed by atoms with Crippen LogP contribution in [-0.4, -0.2) is 37.7 Å². The molecule has 142 valence electrons. The van der Waals surface area contributed by atoms with Crippen molar-refractivity contribution >= 4 is 28.0 Å². The number of thiophene rings is 1. The van der Waals surface area contributed by atoms with Gasteiger partial charge >= 0.3 is 6.09 Å². The summed E-state index contributed by atoms with van der Waals surface area (Å²) in [6.45, 7) is 4.42. The summed E-state index contributed by atoms with van der Waals surface area (Å²) in [6.07, 6.45) is 3.90. The number of carbonyl (C=O) groups excluding carboxylic acids is 1. The molecule has 0 unspecified atom stereocenters. The minimum absolute atomic E-state index is 0.372. The molecular formula is C22H26N2O2S. The minimum atomic E-state index is -0.372. The lowest BCUT2D eigenvalue weighted by atomic mass is 9.88. The van der Waals surface area contributed by atoms with E-state index in [0.29, 0.717) is 6.61 Å². The van der Waals surface area contributed by atoms with Gasteiger partial charge < -0.3 is 9.64 Å². The average molecular weight is 383 g/mol. The number of nitrogens with one attached hydrogen (secondary N) is 1. The first-order valence-corrected chi connectivity index (χ1v) is 10.5. The van der Waals surface area contributed by atoms with E-state index in [4.69, 9.17) is 4.74 Å². The SMILES string of the molecule is CCOC(=O)Nc1cc2c(s1)CCc1ccccc1C2=C1CCN(C)CC1. The van der Waals surface area contributed by atoms with Gasteiger partial charge in [-0.1, -0.05) is 29.8 Å². The third-order valence-electron chi connectivity index (χ3n) is 5.43. The van der Waals surface area contributed by atoms with Crippen molar-refractivity contribution in [3.63, 3.8) is 0 Å². The van der Waals surface area contributed by atoms with Gasteiger partial charge in [-0.2, -0.15) is 0 Å². The van der Waals surface area contributed by atoms with Gasteiger partial charge in [0.2, 0.25) is 0 Å². The van der Waals surface area contributed by atoms with Crippen molar-refractivity contribution in [3.05, 3.63) is 57.5 Å². The maximum atomic E-state index is 11.9. The number of ether oxygens (including phenoxy) is 1. The van der Waals surface area contributed by atoms with E-state index in [2.05, 4.69) is 47.6 Å². The van der Waals surface area contributed by atoms with E-state index in [0.717, 1.165) is 43.8 Å². The highest BCUT2D eigenvalue weighted by Crippen LogP contribution is 2.43. The van der Waals surface area contributed by atoms with Crippen molar-refractivity contribution in [2.45, 2.75) is 32.6 Å². The Morgan fingerprint density at radius 1 is 1.15 bits per heavy atom. The van der Waals surface area contributed by atoms with Gasteiger partial charge in [0.05, 0.1) is 11.6 Å². The molecule has 1 amide bonds. The molecule has 1 aromatic heterocycles. The molecule has 1 aliphatic carbocycles. The molecule has 4 nitrogen and oxygen atoms in total. The predicted molar refractivity (Wildman–Crippen MR) is 112 cm³/mol. The second kappa shape index (κ2) is 7.87. The van der Waals surface area contributed by atoms with Crippen molar-refractivity contribution in [1.29, 1.82) is 0 Å². The van der Waals surface area contributed by atoms with E-state index >= 15 is 0 Å². The Bertz CT molecular complexity index is 874. The maximum Gasteiger partial charge on any atom is 0.412 e. The second-order valence-corrected chi connectivity index (χ2v) is 8.37. The van der Waals surface area contributed by atoms with Gasteiger partial charge in [0.15, 0.2) is 0 Å². The van der Waals surface area contributed by atoms with Gasteiger partial charge in [0.1, 0.15) is 0 Å². The number of hydrogen-bond acceptors (Lipinski definition) is 4. The number of likely N-dealkylation sites (tertiary alicyclic amines) is 1. The van der Waals surface area contributed by atoms with E-state index in [1.807, 2.05) is 6.92 Å². The Balaban J connectivity index is 1.78. The molecule has 0 spiro atoms. The van der Waals surface area contributed by atoms with Crippen LogP contribution in [0.1, 0.15) is 41.3 Å². The quantitative estimate of drug-likeness (QED) is 0.800. The zero-order valence-electron chi connectivity index (χ0n) is 16.0. The number of nitrogens with zero attached hydrogens (tertiary/aromatic N) is 1. The molecule has 5 heteroatoms. The predicted octanol–water partition coefficient (Wildman–Crippen LogP) is 4.94. The van der Waals surface area contributed by atoms with Crippen LogP contribution in [0.2, 0.25) is 0 Å². The molecular weight excluding hydrogens is 356 g/mol.